The maximum atomic E-state index is 4.76. The zero-order chi connectivity index (χ0) is 23.0. The van der Waals surface area contributed by atoms with Crippen LogP contribution in [0.5, 0.6) is 0 Å². The van der Waals surface area contributed by atoms with Crippen molar-refractivity contribution in [2.24, 2.45) is 5.92 Å². The molecule has 2 aromatic rings. The molecule has 3 rings (SSSR count). The van der Waals surface area contributed by atoms with Crippen LogP contribution in [0.4, 0.5) is 0 Å². The van der Waals surface area contributed by atoms with Crippen LogP contribution in [0.15, 0.2) is 64.9 Å². The lowest BCUT2D eigenvalue weighted by molar-refractivity contribution is 0.564. The number of hydrogen-bond donors (Lipinski definition) is 0. The van der Waals surface area contributed by atoms with Crippen LogP contribution in [0.3, 0.4) is 0 Å². The minimum absolute atomic E-state index is 0.470. The number of benzene rings is 1. The second-order valence-electron chi connectivity index (χ2n) is 8.10. The van der Waals surface area contributed by atoms with Crippen molar-refractivity contribution in [3.63, 3.8) is 0 Å². The van der Waals surface area contributed by atoms with Gasteiger partial charge in [0.15, 0.2) is 0 Å². The van der Waals surface area contributed by atoms with Gasteiger partial charge in [-0.3, -0.25) is 4.98 Å². The average Bonchev–Trinajstić information content (AvgIpc) is 2.77. The molecule has 0 fully saturated rings. The Morgan fingerprint density at radius 1 is 1.16 bits per heavy atom. The molecule has 1 nitrogen and oxygen atoms in total. The Kier molecular flexibility index (Phi) is 9.84. The molecule has 1 aromatic carbocycles. The average molecular weight is 434 g/mol. The standard InChI is InChI=1S/C27H33NS.C2H6/c1-7-10-22(8-2)16-25(21(6)26-12-9-11-19(4)28-26)23-13-14-24-18(3)15-20(5)29-27(24)17-23;1-2/h9,11-18,22H,6-8,10H2,1-5H3;1-2H3/b25-16+;. The highest BCUT2D eigenvalue weighted by molar-refractivity contribution is 8.03. The number of allylic oxidation sites excluding steroid dienone is 5. The number of pyridine rings is 1. The van der Waals surface area contributed by atoms with Crippen LogP contribution in [-0.4, -0.2) is 4.98 Å². The monoisotopic (exact) mass is 433 g/mol. The third-order valence-corrected chi connectivity index (χ3v) is 6.71. The number of fused-ring (bicyclic) bond motifs is 1. The van der Waals surface area contributed by atoms with E-state index in [0.717, 1.165) is 23.4 Å². The van der Waals surface area contributed by atoms with Crippen molar-refractivity contribution < 1.29 is 0 Å². The predicted octanol–water partition coefficient (Wildman–Crippen LogP) is 9.45. The highest BCUT2D eigenvalue weighted by Gasteiger charge is 2.19. The highest BCUT2D eigenvalue weighted by Crippen LogP contribution is 2.42. The third-order valence-electron chi connectivity index (χ3n) is 5.68. The highest BCUT2D eigenvalue weighted by atomic mass is 32.2. The van der Waals surface area contributed by atoms with Crippen molar-refractivity contribution in [1.29, 1.82) is 0 Å². The van der Waals surface area contributed by atoms with Gasteiger partial charge in [0.1, 0.15) is 0 Å². The van der Waals surface area contributed by atoms with Gasteiger partial charge in [0, 0.05) is 22.1 Å². The van der Waals surface area contributed by atoms with E-state index in [1.165, 1.54) is 39.3 Å². The molecule has 2 unspecified atom stereocenters. The van der Waals surface area contributed by atoms with E-state index in [9.17, 15) is 0 Å². The normalized spacial score (nSPS) is 16.5. The largest absolute Gasteiger partial charge is 0.253 e. The lowest BCUT2D eigenvalue weighted by Crippen LogP contribution is -2.02. The van der Waals surface area contributed by atoms with E-state index in [1.54, 1.807) is 0 Å². The summed E-state index contributed by atoms with van der Waals surface area (Å²) < 4.78 is 0. The smallest absolute Gasteiger partial charge is 0.0705 e. The summed E-state index contributed by atoms with van der Waals surface area (Å²) in [5, 5.41) is 0. The van der Waals surface area contributed by atoms with E-state index in [4.69, 9.17) is 4.98 Å². The molecule has 0 saturated heterocycles. The van der Waals surface area contributed by atoms with E-state index in [2.05, 4.69) is 76.8 Å². The number of rotatable bonds is 7. The Labute approximate surface area is 194 Å². The van der Waals surface area contributed by atoms with Gasteiger partial charge in [-0.2, -0.15) is 0 Å². The van der Waals surface area contributed by atoms with Gasteiger partial charge in [-0.25, -0.2) is 0 Å². The van der Waals surface area contributed by atoms with Crippen LogP contribution in [0, 0.1) is 12.8 Å². The third kappa shape index (κ3) is 6.46. The van der Waals surface area contributed by atoms with Crippen LogP contribution < -0.4 is 0 Å². The Morgan fingerprint density at radius 3 is 2.55 bits per heavy atom. The molecule has 0 amide bonds. The van der Waals surface area contributed by atoms with E-state index in [1.807, 2.05) is 38.6 Å². The second kappa shape index (κ2) is 12.1. The number of hydrogen-bond acceptors (Lipinski definition) is 2. The Hall–Kier alpha value is -2.06. The quantitative estimate of drug-likeness (QED) is 0.403. The molecule has 0 N–H and O–H groups in total. The summed E-state index contributed by atoms with van der Waals surface area (Å²) in [7, 11) is 0. The summed E-state index contributed by atoms with van der Waals surface area (Å²) in [6.07, 6.45) is 8.33. The van der Waals surface area contributed by atoms with E-state index >= 15 is 0 Å². The summed E-state index contributed by atoms with van der Waals surface area (Å²) in [5.74, 6) is 1.03. The minimum atomic E-state index is 0.470. The van der Waals surface area contributed by atoms with Gasteiger partial charge in [0.25, 0.3) is 0 Å². The first kappa shape index (κ1) is 25.2. The van der Waals surface area contributed by atoms with E-state index in [0.29, 0.717) is 11.8 Å². The molecule has 0 spiro atoms. The Morgan fingerprint density at radius 2 is 1.90 bits per heavy atom. The summed E-state index contributed by atoms with van der Waals surface area (Å²) in [6.45, 7) is 19.6. The number of aromatic nitrogens is 1. The summed E-state index contributed by atoms with van der Waals surface area (Å²) >= 11 is 1.88. The lowest BCUT2D eigenvalue weighted by atomic mass is 9.88. The zero-order valence-electron chi connectivity index (χ0n) is 20.5. The van der Waals surface area contributed by atoms with Gasteiger partial charge in [-0.05, 0) is 72.4 Å². The van der Waals surface area contributed by atoms with Crippen molar-refractivity contribution in [3.05, 3.63) is 82.5 Å². The van der Waals surface area contributed by atoms with Crippen LogP contribution in [0.2, 0.25) is 0 Å². The fraction of sp³-hybridized carbons (Fsp3) is 0.414. The van der Waals surface area contributed by atoms with Crippen LogP contribution >= 0.6 is 11.8 Å². The molecule has 1 aromatic heterocycles. The van der Waals surface area contributed by atoms with Crippen molar-refractivity contribution >= 4 is 22.9 Å². The summed E-state index contributed by atoms with van der Waals surface area (Å²) in [6, 6.07) is 13.1. The number of nitrogens with zero attached hydrogens (tertiary/aromatic N) is 1. The van der Waals surface area contributed by atoms with Gasteiger partial charge in [0.05, 0.1) is 5.69 Å². The van der Waals surface area contributed by atoms with Crippen molar-refractivity contribution in [3.8, 4) is 0 Å². The first-order valence-corrected chi connectivity index (χ1v) is 12.6. The molecule has 0 saturated carbocycles. The predicted molar refractivity (Wildman–Crippen MR) is 140 cm³/mol. The van der Waals surface area contributed by atoms with Crippen LogP contribution in [0.1, 0.15) is 89.2 Å². The van der Waals surface area contributed by atoms with Crippen molar-refractivity contribution in [2.45, 2.75) is 78.5 Å². The van der Waals surface area contributed by atoms with E-state index in [-0.39, 0.29) is 0 Å². The van der Waals surface area contributed by atoms with Gasteiger partial charge >= 0.3 is 0 Å². The van der Waals surface area contributed by atoms with E-state index < -0.39 is 0 Å². The summed E-state index contributed by atoms with van der Waals surface area (Å²) in [5.41, 5.74) is 6.91. The first-order valence-electron chi connectivity index (χ1n) is 11.8. The molecular formula is C29H39NS. The maximum Gasteiger partial charge on any atom is 0.0705 e. The number of thioether (sulfide) groups is 1. The fourth-order valence-electron chi connectivity index (χ4n) is 4.05. The molecular weight excluding hydrogens is 394 g/mol. The topological polar surface area (TPSA) is 12.9 Å². The maximum absolute atomic E-state index is 4.76. The number of aryl methyl sites for hydroxylation is 1. The zero-order valence-corrected chi connectivity index (χ0v) is 21.3. The van der Waals surface area contributed by atoms with Crippen molar-refractivity contribution in [1.82, 2.24) is 4.98 Å². The Bertz CT molecular complexity index is 951. The molecule has 0 aliphatic carbocycles. The molecule has 1 aliphatic heterocycles. The molecule has 1 aliphatic rings. The van der Waals surface area contributed by atoms with Crippen LogP contribution in [0.25, 0.3) is 11.1 Å². The SMILES string of the molecule is C=C(/C(=C\C(CC)CCC)c1ccc2c(c1)SC(C)=CC2C)c1cccc(C)n1.CC. The molecule has 31 heavy (non-hydrogen) atoms. The van der Waals surface area contributed by atoms with Gasteiger partial charge in [-0.15, -0.1) is 0 Å². The fourth-order valence-corrected chi connectivity index (χ4v) is 5.22. The lowest BCUT2D eigenvalue weighted by Gasteiger charge is -2.22. The molecule has 166 valence electrons. The molecule has 2 heteroatoms. The molecule has 0 bridgehead atoms. The minimum Gasteiger partial charge on any atom is -0.253 e. The van der Waals surface area contributed by atoms with Gasteiger partial charge in [0.2, 0.25) is 0 Å². The summed E-state index contributed by atoms with van der Waals surface area (Å²) in [4.78, 5) is 7.50. The molecule has 0 radical (unpaired) electrons. The molecule has 2 atom stereocenters. The van der Waals surface area contributed by atoms with Gasteiger partial charge in [-0.1, -0.05) is 89.7 Å². The van der Waals surface area contributed by atoms with Crippen LogP contribution in [-0.2, 0) is 0 Å². The second-order valence-corrected chi connectivity index (χ2v) is 9.39. The molecule has 2 heterocycles. The first-order chi connectivity index (χ1) is 14.9. The Balaban J connectivity index is 0.00000166. The van der Waals surface area contributed by atoms with Gasteiger partial charge < -0.3 is 0 Å². The van der Waals surface area contributed by atoms with Crippen molar-refractivity contribution in [2.75, 3.05) is 0 Å².